The largest absolute Gasteiger partial charge is 0.378 e. The second-order valence-electron chi connectivity index (χ2n) is 5.29. The Bertz CT molecular complexity index is 658. The molecule has 0 aliphatic rings. The summed E-state index contributed by atoms with van der Waals surface area (Å²) in [6.07, 6.45) is 0. The molecule has 2 aromatic rings. The molecule has 0 aliphatic carbocycles. The molecule has 0 radical (unpaired) electrons. The molecule has 1 aromatic heterocycles. The highest BCUT2D eigenvalue weighted by Crippen LogP contribution is 2.21. The molecular weight excluding hydrogens is 305 g/mol. The van der Waals surface area contributed by atoms with Crippen LogP contribution >= 0.6 is 11.3 Å². The van der Waals surface area contributed by atoms with Crippen molar-refractivity contribution in [2.75, 3.05) is 12.4 Å². The van der Waals surface area contributed by atoms with Crippen molar-refractivity contribution < 1.29 is 13.9 Å². The number of aromatic nitrogens is 1. The van der Waals surface area contributed by atoms with Gasteiger partial charge in [0.2, 0.25) is 0 Å². The van der Waals surface area contributed by atoms with E-state index in [1.165, 1.54) is 23.5 Å². The van der Waals surface area contributed by atoms with Gasteiger partial charge in [0.05, 0.1) is 17.8 Å². The van der Waals surface area contributed by atoms with Crippen molar-refractivity contribution in [3.8, 4) is 0 Å². The molecule has 0 spiro atoms. The van der Waals surface area contributed by atoms with Crippen molar-refractivity contribution in [3.05, 3.63) is 46.7 Å². The highest BCUT2D eigenvalue weighted by molar-refractivity contribution is 7.13. The first kappa shape index (κ1) is 16.4. The van der Waals surface area contributed by atoms with E-state index in [2.05, 4.69) is 15.6 Å². The summed E-state index contributed by atoms with van der Waals surface area (Å²) in [6.45, 7) is 4.01. The second-order valence-corrected chi connectivity index (χ2v) is 6.15. The molecule has 1 aromatic carbocycles. The number of ether oxygens (including phenoxy) is 1. The topological polar surface area (TPSA) is 63.2 Å². The van der Waals surface area contributed by atoms with Crippen LogP contribution in [0.2, 0.25) is 0 Å². The zero-order valence-corrected chi connectivity index (χ0v) is 13.5. The van der Waals surface area contributed by atoms with Gasteiger partial charge in [-0.25, -0.2) is 14.2 Å². The van der Waals surface area contributed by atoms with Crippen LogP contribution < -0.4 is 10.6 Å². The van der Waals surface area contributed by atoms with E-state index in [4.69, 9.17) is 4.74 Å². The molecule has 118 valence electrons. The number of hydrogen-bond acceptors (Lipinski definition) is 4. The predicted molar refractivity (Wildman–Crippen MR) is 84.4 cm³/mol. The first-order chi connectivity index (χ1) is 10.4. The number of thiazole rings is 1. The van der Waals surface area contributed by atoms with Crippen molar-refractivity contribution in [1.29, 1.82) is 0 Å². The summed E-state index contributed by atoms with van der Waals surface area (Å²) in [6, 6.07) is 5.76. The lowest BCUT2D eigenvalue weighted by Gasteiger charge is -2.26. The lowest BCUT2D eigenvalue weighted by Crippen LogP contribution is -2.43. The third-order valence-corrected chi connectivity index (χ3v) is 3.84. The number of halogens is 1. The van der Waals surface area contributed by atoms with E-state index >= 15 is 0 Å². The monoisotopic (exact) mass is 323 g/mol. The summed E-state index contributed by atoms with van der Waals surface area (Å²) in [5.41, 5.74) is 0.729. The van der Waals surface area contributed by atoms with Crippen LogP contribution in [-0.4, -0.2) is 18.1 Å². The maximum atomic E-state index is 13.3. The quantitative estimate of drug-likeness (QED) is 0.885. The molecular formula is C15H18FN3O2S. The van der Waals surface area contributed by atoms with Crippen molar-refractivity contribution in [3.63, 3.8) is 0 Å². The number of rotatable bonds is 5. The number of nitrogens with zero attached hydrogens (tertiary/aromatic N) is 1. The molecule has 7 heteroatoms. The van der Waals surface area contributed by atoms with Crippen molar-refractivity contribution in [2.24, 2.45) is 0 Å². The third-order valence-electron chi connectivity index (χ3n) is 3.04. The molecule has 2 N–H and O–H groups in total. The van der Waals surface area contributed by atoms with Gasteiger partial charge < -0.3 is 10.1 Å². The summed E-state index contributed by atoms with van der Waals surface area (Å²) >= 11 is 1.32. The van der Waals surface area contributed by atoms with Gasteiger partial charge in [0.25, 0.3) is 0 Å². The maximum Gasteiger partial charge on any atom is 0.321 e. The smallest absolute Gasteiger partial charge is 0.321 e. The molecule has 2 rings (SSSR count). The SMILES string of the molecule is COCc1csc(NC(=O)NC(C)(C)c2cccc(F)c2)n1. The molecule has 1 heterocycles. The number of nitrogens with one attached hydrogen (secondary N) is 2. The van der Waals surface area contributed by atoms with Crippen LogP contribution in [0, 0.1) is 5.82 Å². The Hall–Kier alpha value is -1.99. The van der Waals surface area contributed by atoms with Gasteiger partial charge in [0.15, 0.2) is 5.13 Å². The van der Waals surface area contributed by atoms with E-state index in [1.54, 1.807) is 33.1 Å². The van der Waals surface area contributed by atoms with Gasteiger partial charge in [-0.1, -0.05) is 12.1 Å². The Morgan fingerprint density at radius 1 is 1.45 bits per heavy atom. The summed E-state index contributed by atoms with van der Waals surface area (Å²) in [7, 11) is 1.58. The van der Waals surface area contributed by atoms with Crippen LogP contribution in [0.25, 0.3) is 0 Å². The average Bonchev–Trinajstić information content (AvgIpc) is 2.85. The third kappa shape index (κ3) is 4.25. The average molecular weight is 323 g/mol. The Labute approximate surface area is 132 Å². The lowest BCUT2D eigenvalue weighted by molar-refractivity contribution is 0.182. The van der Waals surface area contributed by atoms with Gasteiger partial charge >= 0.3 is 6.03 Å². The van der Waals surface area contributed by atoms with Crippen LogP contribution in [0.3, 0.4) is 0 Å². The second kappa shape index (κ2) is 6.85. The molecule has 2 amide bonds. The highest BCUT2D eigenvalue weighted by atomic mass is 32.1. The van der Waals surface area contributed by atoms with Gasteiger partial charge in [-0.2, -0.15) is 0 Å². The molecule has 0 atom stereocenters. The van der Waals surface area contributed by atoms with Gasteiger partial charge in [-0.15, -0.1) is 11.3 Å². The van der Waals surface area contributed by atoms with Crippen LogP contribution in [0.5, 0.6) is 0 Å². The molecule has 0 fully saturated rings. The summed E-state index contributed by atoms with van der Waals surface area (Å²) < 4.78 is 18.3. The normalized spacial score (nSPS) is 11.3. The van der Waals surface area contributed by atoms with Crippen LogP contribution in [0.1, 0.15) is 25.1 Å². The fraction of sp³-hybridized carbons (Fsp3) is 0.333. The number of benzene rings is 1. The maximum absolute atomic E-state index is 13.3. The first-order valence-electron chi connectivity index (χ1n) is 6.69. The predicted octanol–water partition coefficient (Wildman–Crippen LogP) is 3.49. The minimum absolute atomic E-state index is 0.336. The van der Waals surface area contributed by atoms with Crippen LogP contribution in [0.4, 0.5) is 14.3 Å². The molecule has 0 aliphatic heterocycles. The fourth-order valence-electron chi connectivity index (χ4n) is 1.94. The van der Waals surface area contributed by atoms with E-state index in [9.17, 15) is 9.18 Å². The van der Waals surface area contributed by atoms with E-state index < -0.39 is 11.6 Å². The number of urea groups is 1. The van der Waals surface area contributed by atoms with E-state index in [-0.39, 0.29) is 5.82 Å². The fourth-order valence-corrected chi connectivity index (χ4v) is 2.63. The summed E-state index contributed by atoms with van der Waals surface area (Å²) in [5, 5.41) is 7.78. The number of anilines is 1. The Morgan fingerprint density at radius 2 is 2.23 bits per heavy atom. The van der Waals surface area contributed by atoms with Gasteiger partial charge in [-0.3, -0.25) is 5.32 Å². The molecule has 0 saturated carbocycles. The molecule has 0 unspecified atom stereocenters. The van der Waals surface area contributed by atoms with E-state index in [0.717, 1.165) is 5.69 Å². The number of amides is 2. The number of methoxy groups -OCH3 is 1. The van der Waals surface area contributed by atoms with E-state index in [1.807, 2.05) is 5.38 Å². The first-order valence-corrected chi connectivity index (χ1v) is 7.57. The van der Waals surface area contributed by atoms with Crippen LogP contribution in [0.15, 0.2) is 29.6 Å². The number of carbonyl (C=O) groups excluding carboxylic acids is 1. The minimum Gasteiger partial charge on any atom is -0.378 e. The lowest BCUT2D eigenvalue weighted by atomic mass is 9.94. The Kier molecular flexibility index (Phi) is 5.10. The van der Waals surface area contributed by atoms with Crippen LogP contribution in [-0.2, 0) is 16.9 Å². The van der Waals surface area contributed by atoms with Crippen molar-refractivity contribution in [2.45, 2.75) is 26.0 Å². The molecule has 5 nitrogen and oxygen atoms in total. The number of hydrogen-bond donors (Lipinski definition) is 2. The van der Waals surface area contributed by atoms with Gasteiger partial charge in [-0.05, 0) is 31.5 Å². The zero-order chi connectivity index (χ0) is 16.2. The Balaban J connectivity index is 2.00. The Morgan fingerprint density at radius 3 is 2.91 bits per heavy atom. The molecule has 0 saturated heterocycles. The minimum atomic E-state index is -0.710. The highest BCUT2D eigenvalue weighted by Gasteiger charge is 2.23. The number of carbonyl (C=O) groups is 1. The summed E-state index contributed by atoms with van der Waals surface area (Å²) in [5.74, 6) is -0.336. The van der Waals surface area contributed by atoms with Gasteiger partial charge in [0, 0.05) is 12.5 Å². The standard InChI is InChI=1S/C15H18FN3O2S/c1-15(2,10-5-4-6-11(16)7-10)19-13(20)18-14-17-12(8-21-3)9-22-14/h4-7,9H,8H2,1-3H3,(H2,17,18,19,20). The molecule has 0 bridgehead atoms. The van der Waals surface area contributed by atoms with E-state index in [0.29, 0.717) is 17.3 Å². The van der Waals surface area contributed by atoms with Gasteiger partial charge in [0.1, 0.15) is 5.82 Å². The van der Waals surface area contributed by atoms with Crippen molar-refractivity contribution in [1.82, 2.24) is 10.3 Å². The summed E-state index contributed by atoms with van der Waals surface area (Å²) in [4.78, 5) is 16.3. The molecule has 22 heavy (non-hydrogen) atoms. The zero-order valence-electron chi connectivity index (χ0n) is 12.6. The van der Waals surface area contributed by atoms with Crippen molar-refractivity contribution >= 4 is 22.5 Å².